The molecule has 1 heterocycles. The lowest BCUT2D eigenvalue weighted by atomic mass is 9.80. The summed E-state index contributed by atoms with van der Waals surface area (Å²) in [6.45, 7) is 0.654. The van der Waals surface area contributed by atoms with Gasteiger partial charge in [0.05, 0.1) is 5.69 Å². The van der Waals surface area contributed by atoms with Crippen LogP contribution in [0.1, 0.15) is 36.9 Å². The van der Waals surface area contributed by atoms with E-state index in [1.807, 2.05) is 48.5 Å². The van der Waals surface area contributed by atoms with Gasteiger partial charge < -0.3 is 10.4 Å². The Hall–Kier alpha value is -2.15. The Morgan fingerprint density at radius 2 is 1.96 bits per heavy atom. The van der Waals surface area contributed by atoms with E-state index < -0.39 is 5.60 Å². The van der Waals surface area contributed by atoms with Crippen molar-refractivity contribution < 1.29 is 5.11 Å². The van der Waals surface area contributed by atoms with E-state index >= 15 is 0 Å². The molecule has 3 nitrogen and oxygen atoms in total. The van der Waals surface area contributed by atoms with E-state index in [9.17, 15) is 5.11 Å². The van der Waals surface area contributed by atoms with E-state index in [1.165, 1.54) is 0 Å². The predicted octanol–water partition coefficient (Wildman–Crippen LogP) is 2.90. The lowest BCUT2D eigenvalue weighted by molar-refractivity contribution is 0.0252. The van der Waals surface area contributed by atoms with Gasteiger partial charge in [-0.1, -0.05) is 42.5 Å². The Kier molecular flexibility index (Phi) is 5.07. The number of hydrogen-bond donors (Lipinski definition) is 2. The van der Waals surface area contributed by atoms with Crippen LogP contribution in [0.15, 0.2) is 54.7 Å². The first-order valence-electron chi connectivity index (χ1n) is 8.20. The third-order valence-electron chi connectivity index (χ3n) is 4.33. The molecule has 1 fully saturated rings. The summed E-state index contributed by atoms with van der Waals surface area (Å²) < 4.78 is 0. The quantitative estimate of drug-likeness (QED) is 0.857. The number of benzene rings is 1. The molecule has 118 valence electrons. The van der Waals surface area contributed by atoms with Crippen molar-refractivity contribution in [2.45, 2.75) is 43.9 Å². The summed E-state index contributed by atoms with van der Waals surface area (Å²) in [6.07, 6.45) is 5.58. The van der Waals surface area contributed by atoms with Gasteiger partial charge in [0.1, 0.15) is 5.60 Å². The molecule has 1 aromatic carbocycles. The van der Waals surface area contributed by atoms with Crippen LogP contribution >= 0.6 is 0 Å². The molecule has 0 aliphatic heterocycles. The minimum Gasteiger partial charge on any atom is -0.376 e. The van der Waals surface area contributed by atoms with Gasteiger partial charge in [0.2, 0.25) is 0 Å². The highest BCUT2D eigenvalue weighted by Gasteiger charge is 2.37. The van der Waals surface area contributed by atoms with Crippen molar-refractivity contribution in [3.05, 3.63) is 66.0 Å². The van der Waals surface area contributed by atoms with Gasteiger partial charge in [-0.15, -0.1) is 0 Å². The van der Waals surface area contributed by atoms with Gasteiger partial charge in [0.15, 0.2) is 0 Å². The second kappa shape index (κ2) is 7.41. The second-order valence-electron chi connectivity index (χ2n) is 6.04. The molecule has 0 spiro atoms. The van der Waals surface area contributed by atoms with Gasteiger partial charge in [-0.2, -0.15) is 0 Å². The molecule has 3 heteroatoms. The number of pyridine rings is 1. The zero-order valence-electron chi connectivity index (χ0n) is 13.2. The molecule has 1 aliphatic carbocycles. The average molecular weight is 306 g/mol. The van der Waals surface area contributed by atoms with Gasteiger partial charge >= 0.3 is 0 Å². The molecular formula is C20H22N2O. The zero-order valence-corrected chi connectivity index (χ0v) is 13.2. The van der Waals surface area contributed by atoms with Crippen LogP contribution in [0.5, 0.6) is 0 Å². The van der Waals surface area contributed by atoms with Gasteiger partial charge in [-0.3, -0.25) is 4.98 Å². The Morgan fingerprint density at radius 3 is 2.74 bits per heavy atom. The molecule has 0 unspecified atom stereocenters. The highest BCUT2D eigenvalue weighted by atomic mass is 16.3. The molecule has 3 rings (SSSR count). The minimum atomic E-state index is -0.969. The minimum absolute atomic E-state index is 0.0190. The van der Waals surface area contributed by atoms with Gasteiger partial charge in [-0.05, 0) is 43.5 Å². The van der Waals surface area contributed by atoms with Crippen molar-refractivity contribution in [3.63, 3.8) is 0 Å². The van der Waals surface area contributed by atoms with E-state index in [4.69, 9.17) is 0 Å². The largest absolute Gasteiger partial charge is 0.376 e. The Labute approximate surface area is 137 Å². The van der Waals surface area contributed by atoms with Crippen LogP contribution in [0.2, 0.25) is 0 Å². The standard InChI is InChI=1S/C20H22N2O/c23-20(14-12-17-8-2-1-3-9-17)13-6-4-11-19(20)22-16-18-10-5-7-15-21-18/h1-3,5,7-10,15,19,22-23H,4,6,11,13,16H2/t19-,20+/m0/s1. The maximum Gasteiger partial charge on any atom is 0.141 e. The smallest absolute Gasteiger partial charge is 0.141 e. The van der Waals surface area contributed by atoms with Gasteiger partial charge in [0.25, 0.3) is 0 Å². The second-order valence-corrected chi connectivity index (χ2v) is 6.04. The topological polar surface area (TPSA) is 45.1 Å². The molecule has 23 heavy (non-hydrogen) atoms. The highest BCUT2D eigenvalue weighted by molar-refractivity contribution is 5.37. The van der Waals surface area contributed by atoms with Crippen LogP contribution in [0.3, 0.4) is 0 Å². The molecule has 2 atom stereocenters. The lowest BCUT2D eigenvalue weighted by Gasteiger charge is -2.36. The van der Waals surface area contributed by atoms with Crippen molar-refractivity contribution in [2.24, 2.45) is 0 Å². The number of nitrogens with zero attached hydrogens (tertiary/aromatic N) is 1. The van der Waals surface area contributed by atoms with Crippen molar-refractivity contribution >= 4 is 0 Å². The third-order valence-corrected chi connectivity index (χ3v) is 4.33. The first-order chi connectivity index (χ1) is 11.3. The van der Waals surface area contributed by atoms with Crippen LogP contribution in [0, 0.1) is 11.8 Å². The number of aliphatic hydroxyl groups is 1. The summed E-state index contributed by atoms with van der Waals surface area (Å²) in [5.74, 6) is 6.25. The fourth-order valence-electron chi connectivity index (χ4n) is 3.01. The van der Waals surface area contributed by atoms with Crippen LogP contribution in [-0.2, 0) is 6.54 Å². The van der Waals surface area contributed by atoms with Crippen molar-refractivity contribution in [1.82, 2.24) is 10.3 Å². The molecule has 2 N–H and O–H groups in total. The Bertz CT molecular complexity index is 675. The van der Waals surface area contributed by atoms with Crippen LogP contribution in [0.25, 0.3) is 0 Å². The van der Waals surface area contributed by atoms with Crippen LogP contribution < -0.4 is 5.32 Å². The first-order valence-corrected chi connectivity index (χ1v) is 8.20. The molecule has 2 aromatic rings. The zero-order chi connectivity index (χ0) is 16.0. The van der Waals surface area contributed by atoms with E-state index in [0.29, 0.717) is 13.0 Å². The maximum atomic E-state index is 11.0. The molecular weight excluding hydrogens is 284 g/mol. The number of nitrogens with one attached hydrogen (secondary N) is 1. The van der Waals surface area contributed by atoms with Crippen molar-refractivity contribution in [2.75, 3.05) is 0 Å². The molecule has 0 bridgehead atoms. The third kappa shape index (κ3) is 4.19. The summed E-state index contributed by atoms with van der Waals surface area (Å²) in [7, 11) is 0. The lowest BCUT2D eigenvalue weighted by Crippen LogP contribution is -2.51. The Morgan fingerprint density at radius 1 is 1.13 bits per heavy atom. The van der Waals surface area contributed by atoms with Gasteiger partial charge in [0, 0.05) is 24.3 Å². The van der Waals surface area contributed by atoms with Crippen LogP contribution in [0.4, 0.5) is 0 Å². The fraction of sp³-hybridized carbons (Fsp3) is 0.350. The van der Waals surface area contributed by atoms with Crippen LogP contribution in [-0.4, -0.2) is 21.7 Å². The summed E-state index contributed by atoms with van der Waals surface area (Å²) in [4.78, 5) is 4.32. The molecule has 1 aromatic heterocycles. The number of hydrogen-bond acceptors (Lipinski definition) is 3. The molecule has 0 amide bonds. The fourth-order valence-corrected chi connectivity index (χ4v) is 3.01. The van der Waals surface area contributed by atoms with E-state index in [1.54, 1.807) is 6.20 Å². The number of rotatable bonds is 3. The summed E-state index contributed by atoms with van der Waals surface area (Å²) in [5, 5.41) is 14.5. The van der Waals surface area contributed by atoms with E-state index in [0.717, 1.165) is 30.5 Å². The van der Waals surface area contributed by atoms with Crippen molar-refractivity contribution in [1.29, 1.82) is 0 Å². The SMILES string of the molecule is O[C@@]1(C#Cc2ccccc2)CCCC[C@@H]1NCc1ccccn1. The molecule has 0 radical (unpaired) electrons. The number of aromatic nitrogens is 1. The first kappa shape index (κ1) is 15.7. The maximum absolute atomic E-state index is 11.0. The molecule has 1 saturated carbocycles. The summed E-state index contributed by atoms with van der Waals surface area (Å²) in [6, 6.07) is 15.7. The van der Waals surface area contributed by atoms with E-state index in [2.05, 4.69) is 22.1 Å². The molecule has 1 aliphatic rings. The molecule has 0 saturated heterocycles. The van der Waals surface area contributed by atoms with Gasteiger partial charge in [-0.25, -0.2) is 0 Å². The predicted molar refractivity (Wildman–Crippen MR) is 91.6 cm³/mol. The average Bonchev–Trinajstić information content (AvgIpc) is 2.61. The summed E-state index contributed by atoms with van der Waals surface area (Å²) in [5.41, 5.74) is 0.953. The Balaban J connectivity index is 1.71. The monoisotopic (exact) mass is 306 g/mol. The van der Waals surface area contributed by atoms with E-state index in [-0.39, 0.29) is 6.04 Å². The summed E-state index contributed by atoms with van der Waals surface area (Å²) >= 11 is 0. The highest BCUT2D eigenvalue weighted by Crippen LogP contribution is 2.28. The normalized spacial score (nSPS) is 23.8. The van der Waals surface area contributed by atoms with Crippen molar-refractivity contribution in [3.8, 4) is 11.8 Å².